The topological polar surface area (TPSA) is 141 Å². The van der Waals surface area contributed by atoms with E-state index in [-0.39, 0.29) is 16.9 Å². The number of carbonyl (C=O) groups is 1. The van der Waals surface area contributed by atoms with E-state index in [4.69, 9.17) is 4.52 Å². The van der Waals surface area contributed by atoms with Gasteiger partial charge in [-0.3, -0.25) is 14.9 Å². The van der Waals surface area contributed by atoms with Gasteiger partial charge in [-0.15, -0.1) is 5.10 Å². The Hall–Kier alpha value is -4.67. The number of amides is 1. The Bertz CT molecular complexity index is 1260. The largest absolute Gasteiger partial charge is 0.360 e. The summed E-state index contributed by atoms with van der Waals surface area (Å²) in [7, 11) is 0. The molecule has 0 radical (unpaired) electrons. The molecule has 4 aromatic rings. The van der Waals surface area contributed by atoms with Crippen molar-refractivity contribution < 1.29 is 14.2 Å². The Balaban J connectivity index is 1.52. The van der Waals surface area contributed by atoms with Crippen LogP contribution in [0.15, 0.2) is 70.4 Å². The molecule has 0 aliphatic carbocycles. The monoisotopic (exact) mass is 417 g/mol. The van der Waals surface area contributed by atoms with Gasteiger partial charge in [0.25, 0.3) is 11.6 Å². The number of nitrogens with zero attached hydrogens (tertiary/aromatic N) is 6. The maximum atomic E-state index is 12.7. The second-order valence-electron chi connectivity index (χ2n) is 6.36. The minimum atomic E-state index is -0.541. The molecular formula is C20H15N7O4. The molecule has 154 valence electrons. The minimum absolute atomic E-state index is 0.0329. The first-order valence-corrected chi connectivity index (χ1v) is 9.05. The molecule has 0 saturated carbocycles. The Labute approximate surface area is 175 Å². The Morgan fingerprint density at radius 1 is 1.19 bits per heavy atom. The van der Waals surface area contributed by atoms with Gasteiger partial charge in [0.15, 0.2) is 0 Å². The number of para-hydroxylation sites is 1. The van der Waals surface area contributed by atoms with E-state index in [1.807, 2.05) is 30.3 Å². The van der Waals surface area contributed by atoms with E-state index in [0.29, 0.717) is 17.0 Å². The van der Waals surface area contributed by atoms with E-state index in [2.05, 4.69) is 25.9 Å². The Morgan fingerprint density at radius 3 is 2.65 bits per heavy atom. The van der Waals surface area contributed by atoms with Gasteiger partial charge < -0.3 is 4.52 Å². The van der Waals surface area contributed by atoms with Crippen LogP contribution < -0.4 is 5.43 Å². The average molecular weight is 417 g/mol. The summed E-state index contributed by atoms with van der Waals surface area (Å²) in [5.74, 6) is -0.242. The standard InChI is InChI=1S/C20H15N7O4/c1-13-18(20(28)23-21-11-14-7-9-16(10-8-14)27(29)30)19(25-31-13)17-12-22-26(24-17)15-5-3-2-4-6-15/h2-12H,1H3,(H,23,28)/b21-11+. The molecule has 0 fully saturated rings. The first-order chi connectivity index (χ1) is 15.0. The van der Waals surface area contributed by atoms with Crippen LogP contribution in [-0.4, -0.2) is 37.2 Å². The van der Waals surface area contributed by atoms with Crippen LogP contribution >= 0.6 is 0 Å². The lowest BCUT2D eigenvalue weighted by molar-refractivity contribution is -0.384. The molecule has 31 heavy (non-hydrogen) atoms. The number of nitro benzene ring substituents is 1. The quantitative estimate of drug-likeness (QED) is 0.289. The molecule has 0 atom stereocenters. The van der Waals surface area contributed by atoms with Crippen LogP contribution in [0.2, 0.25) is 0 Å². The molecule has 2 aromatic heterocycles. The van der Waals surface area contributed by atoms with Gasteiger partial charge in [0.05, 0.1) is 23.0 Å². The fourth-order valence-electron chi connectivity index (χ4n) is 2.78. The summed E-state index contributed by atoms with van der Waals surface area (Å²) in [6.45, 7) is 1.60. The van der Waals surface area contributed by atoms with Crippen molar-refractivity contribution >= 4 is 17.8 Å². The Morgan fingerprint density at radius 2 is 1.94 bits per heavy atom. The van der Waals surface area contributed by atoms with Crippen LogP contribution in [0.5, 0.6) is 0 Å². The molecule has 0 unspecified atom stereocenters. The van der Waals surface area contributed by atoms with Crippen LogP contribution in [-0.2, 0) is 0 Å². The van der Waals surface area contributed by atoms with E-state index in [0.717, 1.165) is 5.69 Å². The smallest absolute Gasteiger partial charge is 0.277 e. The summed E-state index contributed by atoms with van der Waals surface area (Å²) < 4.78 is 5.18. The van der Waals surface area contributed by atoms with Gasteiger partial charge in [-0.2, -0.15) is 15.0 Å². The highest BCUT2D eigenvalue weighted by molar-refractivity contribution is 6.00. The highest BCUT2D eigenvalue weighted by Gasteiger charge is 2.23. The van der Waals surface area contributed by atoms with Crippen molar-refractivity contribution in [3.63, 3.8) is 0 Å². The van der Waals surface area contributed by atoms with Crippen LogP contribution in [0, 0.1) is 17.0 Å². The van der Waals surface area contributed by atoms with E-state index >= 15 is 0 Å². The highest BCUT2D eigenvalue weighted by atomic mass is 16.6. The van der Waals surface area contributed by atoms with Gasteiger partial charge >= 0.3 is 0 Å². The predicted molar refractivity (Wildman–Crippen MR) is 110 cm³/mol. The number of hydrazone groups is 1. The van der Waals surface area contributed by atoms with E-state index in [1.54, 1.807) is 6.92 Å². The third-order valence-electron chi connectivity index (χ3n) is 4.30. The van der Waals surface area contributed by atoms with Crippen molar-refractivity contribution in [2.75, 3.05) is 0 Å². The molecule has 0 aliphatic rings. The molecule has 4 rings (SSSR count). The second kappa shape index (κ2) is 8.37. The zero-order valence-corrected chi connectivity index (χ0v) is 16.2. The molecule has 0 saturated heterocycles. The van der Waals surface area contributed by atoms with E-state index in [9.17, 15) is 14.9 Å². The number of hydrogen-bond donors (Lipinski definition) is 1. The van der Waals surface area contributed by atoms with Crippen molar-refractivity contribution in [2.45, 2.75) is 6.92 Å². The lowest BCUT2D eigenvalue weighted by Crippen LogP contribution is -2.19. The summed E-state index contributed by atoms with van der Waals surface area (Å²) in [5, 5.41) is 27.1. The minimum Gasteiger partial charge on any atom is -0.360 e. The normalized spacial score (nSPS) is 11.0. The van der Waals surface area contributed by atoms with Crippen LogP contribution in [0.25, 0.3) is 17.1 Å². The van der Waals surface area contributed by atoms with Crippen LogP contribution in [0.3, 0.4) is 0 Å². The van der Waals surface area contributed by atoms with Gasteiger partial charge in [0, 0.05) is 12.1 Å². The first kappa shape index (κ1) is 19.6. The van der Waals surface area contributed by atoms with E-state index in [1.165, 1.54) is 41.5 Å². The molecule has 0 spiro atoms. The zero-order valence-electron chi connectivity index (χ0n) is 16.2. The summed E-state index contributed by atoms with van der Waals surface area (Å²) in [5.41, 5.74) is 4.49. The average Bonchev–Trinajstić information content (AvgIpc) is 3.41. The van der Waals surface area contributed by atoms with Gasteiger partial charge in [-0.1, -0.05) is 23.4 Å². The number of hydrogen-bond acceptors (Lipinski definition) is 8. The molecule has 1 amide bonds. The fraction of sp³-hybridized carbons (Fsp3) is 0.0500. The molecule has 2 heterocycles. The molecule has 2 aromatic carbocycles. The zero-order chi connectivity index (χ0) is 21.8. The number of aryl methyl sites for hydroxylation is 1. The molecule has 0 bridgehead atoms. The maximum Gasteiger partial charge on any atom is 0.277 e. The fourth-order valence-corrected chi connectivity index (χ4v) is 2.78. The van der Waals surface area contributed by atoms with Gasteiger partial charge in [0.1, 0.15) is 22.7 Å². The molecule has 0 aliphatic heterocycles. The number of rotatable bonds is 6. The maximum absolute atomic E-state index is 12.7. The lowest BCUT2D eigenvalue weighted by Gasteiger charge is -2.00. The second-order valence-corrected chi connectivity index (χ2v) is 6.36. The number of aromatic nitrogens is 4. The lowest BCUT2D eigenvalue weighted by atomic mass is 10.1. The van der Waals surface area contributed by atoms with Crippen molar-refractivity contribution in [1.82, 2.24) is 25.6 Å². The molecule has 11 heteroatoms. The van der Waals surface area contributed by atoms with Crippen LogP contribution in [0.1, 0.15) is 21.7 Å². The summed E-state index contributed by atoms with van der Waals surface area (Å²) >= 11 is 0. The third kappa shape index (κ3) is 4.19. The number of nitro groups is 1. The SMILES string of the molecule is Cc1onc(-c2cnn(-c3ccccc3)n2)c1C(=O)N/N=C/c1ccc([N+](=O)[O-])cc1. The highest BCUT2D eigenvalue weighted by Crippen LogP contribution is 2.23. The van der Waals surface area contributed by atoms with Crippen molar-refractivity contribution in [3.05, 3.63) is 87.8 Å². The van der Waals surface area contributed by atoms with Gasteiger partial charge in [-0.25, -0.2) is 5.43 Å². The van der Waals surface area contributed by atoms with Gasteiger partial charge in [-0.05, 0) is 36.8 Å². The molecular weight excluding hydrogens is 402 g/mol. The van der Waals surface area contributed by atoms with Crippen molar-refractivity contribution in [2.24, 2.45) is 5.10 Å². The van der Waals surface area contributed by atoms with Crippen LogP contribution in [0.4, 0.5) is 5.69 Å². The summed E-state index contributed by atoms with van der Waals surface area (Å²) in [4.78, 5) is 24.3. The summed E-state index contributed by atoms with van der Waals surface area (Å²) in [6, 6.07) is 15.0. The number of nitrogens with one attached hydrogen (secondary N) is 1. The Kier molecular flexibility index (Phi) is 5.30. The summed E-state index contributed by atoms with van der Waals surface area (Å²) in [6.07, 6.45) is 2.86. The molecule has 1 N–H and O–H groups in total. The molecule has 11 nitrogen and oxygen atoms in total. The van der Waals surface area contributed by atoms with Gasteiger partial charge in [0.2, 0.25) is 0 Å². The first-order valence-electron chi connectivity index (χ1n) is 9.05. The van der Waals surface area contributed by atoms with Crippen molar-refractivity contribution in [1.29, 1.82) is 0 Å². The number of benzene rings is 2. The van der Waals surface area contributed by atoms with Crippen molar-refractivity contribution in [3.8, 4) is 17.1 Å². The number of non-ortho nitro benzene ring substituents is 1. The predicted octanol–water partition coefficient (Wildman–Crippen LogP) is 2.90. The van der Waals surface area contributed by atoms with E-state index < -0.39 is 10.8 Å². The number of carbonyl (C=O) groups excluding carboxylic acids is 1. The third-order valence-corrected chi connectivity index (χ3v) is 4.30.